The molecule has 2 aromatic carbocycles. The van der Waals surface area contributed by atoms with Crippen molar-refractivity contribution in [2.24, 2.45) is 0 Å². The van der Waals surface area contributed by atoms with Crippen molar-refractivity contribution < 1.29 is 14.3 Å². The summed E-state index contributed by atoms with van der Waals surface area (Å²) in [7, 11) is 0. The molecule has 134 valence electrons. The number of nitrogens with one attached hydrogen (secondary N) is 2. The van der Waals surface area contributed by atoms with E-state index in [9.17, 15) is 9.59 Å². The second kappa shape index (κ2) is 7.81. The van der Waals surface area contributed by atoms with Crippen LogP contribution in [0.25, 0.3) is 10.9 Å². The fourth-order valence-electron chi connectivity index (χ4n) is 2.55. The average Bonchev–Trinajstić information content (AvgIpc) is 3.03. The molecular formula is C19H16Cl2N2O3. The van der Waals surface area contributed by atoms with Gasteiger partial charge in [-0.15, -0.1) is 0 Å². The molecule has 0 unspecified atom stereocenters. The molecule has 2 N–H and O–H groups in total. The van der Waals surface area contributed by atoms with Crippen LogP contribution in [0.15, 0.2) is 42.5 Å². The lowest BCUT2D eigenvalue weighted by Crippen LogP contribution is -2.30. The van der Waals surface area contributed by atoms with Gasteiger partial charge in [-0.1, -0.05) is 35.3 Å². The monoisotopic (exact) mass is 390 g/mol. The van der Waals surface area contributed by atoms with Crippen LogP contribution in [0, 0.1) is 6.92 Å². The minimum atomic E-state index is -0.524. The molecule has 0 radical (unpaired) electrons. The largest absolute Gasteiger partial charge is 0.460 e. The molecule has 3 rings (SSSR count). The number of fused-ring (bicyclic) bond motifs is 1. The summed E-state index contributed by atoms with van der Waals surface area (Å²) in [6, 6.07) is 12.3. The van der Waals surface area contributed by atoms with Crippen LogP contribution in [0.4, 0.5) is 0 Å². The number of ether oxygens (including phenoxy) is 1. The fourth-order valence-corrected chi connectivity index (χ4v) is 2.95. The fraction of sp³-hybridized carbons (Fsp3) is 0.158. The van der Waals surface area contributed by atoms with E-state index in [-0.39, 0.29) is 19.1 Å². The minimum absolute atomic E-state index is 0.121. The van der Waals surface area contributed by atoms with Crippen molar-refractivity contribution in [3.63, 3.8) is 0 Å². The summed E-state index contributed by atoms with van der Waals surface area (Å²) in [5.74, 6) is -0.913. The third-order valence-corrected chi connectivity index (χ3v) is 4.31. The highest BCUT2D eigenvalue weighted by Gasteiger charge is 2.13. The van der Waals surface area contributed by atoms with Gasteiger partial charge in [0.1, 0.15) is 18.8 Å². The molecule has 0 aliphatic heterocycles. The van der Waals surface area contributed by atoms with Gasteiger partial charge in [0.05, 0.1) is 0 Å². The molecule has 0 bridgehead atoms. The second-order valence-corrected chi connectivity index (χ2v) is 6.71. The van der Waals surface area contributed by atoms with Crippen LogP contribution < -0.4 is 5.32 Å². The Balaban J connectivity index is 1.55. The second-order valence-electron chi connectivity index (χ2n) is 5.84. The zero-order chi connectivity index (χ0) is 18.7. The smallest absolute Gasteiger partial charge is 0.325 e. The first-order valence-corrected chi connectivity index (χ1v) is 8.65. The summed E-state index contributed by atoms with van der Waals surface area (Å²) < 4.78 is 5.12. The van der Waals surface area contributed by atoms with E-state index in [1.165, 1.54) is 0 Å². The number of halogens is 2. The van der Waals surface area contributed by atoms with E-state index in [0.717, 1.165) is 22.0 Å². The van der Waals surface area contributed by atoms with Crippen molar-refractivity contribution in [3.8, 4) is 0 Å². The quantitative estimate of drug-likeness (QED) is 0.639. The lowest BCUT2D eigenvalue weighted by molar-refractivity contribution is -0.143. The lowest BCUT2D eigenvalue weighted by atomic mass is 10.2. The molecule has 0 atom stereocenters. The first kappa shape index (κ1) is 18.3. The highest BCUT2D eigenvalue weighted by molar-refractivity contribution is 6.31. The summed E-state index contributed by atoms with van der Waals surface area (Å²) in [4.78, 5) is 27.1. The van der Waals surface area contributed by atoms with E-state index in [1.807, 2.05) is 13.0 Å². The van der Waals surface area contributed by atoms with Crippen molar-refractivity contribution in [3.05, 3.63) is 69.3 Å². The number of amides is 1. The zero-order valence-corrected chi connectivity index (χ0v) is 15.4. The number of aromatic amines is 1. The number of aryl methyl sites for hydroxylation is 1. The summed E-state index contributed by atoms with van der Waals surface area (Å²) >= 11 is 11.8. The highest BCUT2D eigenvalue weighted by Crippen LogP contribution is 2.24. The SMILES string of the molecule is Cc1cc(Cl)cc2cc(C(=O)NCC(=O)OCc3ccc(Cl)cc3)[nH]c12. The Morgan fingerprint density at radius 2 is 1.81 bits per heavy atom. The summed E-state index contributed by atoms with van der Waals surface area (Å²) in [5, 5.41) is 4.60. The number of carbonyl (C=O) groups excluding carboxylic acids is 2. The Labute approximate surface area is 160 Å². The van der Waals surface area contributed by atoms with E-state index in [2.05, 4.69) is 10.3 Å². The standard InChI is InChI=1S/C19H16Cl2N2O3/c1-11-6-15(21)7-13-8-16(23-18(11)13)19(25)22-9-17(24)26-10-12-2-4-14(20)5-3-12/h2-8,23H,9-10H2,1H3,(H,22,25). The van der Waals surface area contributed by atoms with Crippen LogP contribution >= 0.6 is 23.2 Å². The van der Waals surface area contributed by atoms with Gasteiger partial charge in [-0.2, -0.15) is 0 Å². The number of hydrogen-bond acceptors (Lipinski definition) is 3. The van der Waals surface area contributed by atoms with Gasteiger partial charge in [-0.05, 0) is 48.4 Å². The van der Waals surface area contributed by atoms with Crippen LogP contribution in [0.1, 0.15) is 21.6 Å². The summed E-state index contributed by atoms with van der Waals surface area (Å²) in [6.45, 7) is 1.80. The Hall–Kier alpha value is -2.50. The minimum Gasteiger partial charge on any atom is -0.460 e. The van der Waals surface area contributed by atoms with Crippen molar-refractivity contribution >= 4 is 46.0 Å². The van der Waals surface area contributed by atoms with Crippen LogP contribution in [0.2, 0.25) is 10.0 Å². The normalized spacial score (nSPS) is 10.7. The first-order valence-electron chi connectivity index (χ1n) is 7.89. The average molecular weight is 391 g/mol. The number of H-pyrrole nitrogens is 1. The maximum Gasteiger partial charge on any atom is 0.325 e. The van der Waals surface area contributed by atoms with E-state index in [0.29, 0.717) is 15.7 Å². The van der Waals surface area contributed by atoms with Crippen molar-refractivity contribution in [2.45, 2.75) is 13.5 Å². The van der Waals surface area contributed by atoms with Crippen molar-refractivity contribution in [1.82, 2.24) is 10.3 Å². The van der Waals surface area contributed by atoms with Gasteiger partial charge >= 0.3 is 5.97 Å². The molecule has 0 aliphatic rings. The zero-order valence-electron chi connectivity index (χ0n) is 13.9. The van der Waals surface area contributed by atoms with Crippen LogP contribution in [0.3, 0.4) is 0 Å². The number of benzene rings is 2. The van der Waals surface area contributed by atoms with E-state index >= 15 is 0 Å². The molecule has 0 spiro atoms. The Morgan fingerprint density at radius 3 is 2.54 bits per heavy atom. The van der Waals surface area contributed by atoms with Gasteiger partial charge in [0.25, 0.3) is 5.91 Å². The Kier molecular flexibility index (Phi) is 5.49. The maximum absolute atomic E-state index is 12.2. The molecule has 1 heterocycles. The molecule has 3 aromatic rings. The molecule has 5 nitrogen and oxygen atoms in total. The summed E-state index contributed by atoms with van der Waals surface area (Å²) in [5.41, 5.74) is 2.95. The van der Waals surface area contributed by atoms with Crippen LogP contribution in [0.5, 0.6) is 0 Å². The molecule has 26 heavy (non-hydrogen) atoms. The highest BCUT2D eigenvalue weighted by atomic mass is 35.5. The molecule has 0 saturated carbocycles. The molecular weight excluding hydrogens is 375 g/mol. The van der Waals surface area contributed by atoms with Gasteiger partial charge in [0, 0.05) is 20.9 Å². The van der Waals surface area contributed by atoms with Gasteiger partial charge in [0.2, 0.25) is 0 Å². The number of hydrogen-bond donors (Lipinski definition) is 2. The number of carbonyl (C=O) groups is 2. The lowest BCUT2D eigenvalue weighted by Gasteiger charge is -2.06. The Morgan fingerprint density at radius 1 is 1.08 bits per heavy atom. The molecule has 0 fully saturated rings. The third kappa shape index (κ3) is 4.36. The van der Waals surface area contributed by atoms with Gasteiger partial charge in [-0.25, -0.2) is 0 Å². The number of esters is 1. The van der Waals surface area contributed by atoms with Crippen LogP contribution in [-0.2, 0) is 16.1 Å². The number of aromatic nitrogens is 1. The molecule has 1 aromatic heterocycles. The first-order chi connectivity index (χ1) is 12.4. The van der Waals surface area contributed by atoms with E-state index in [4.69, 9.17) is 27.9 Å². The molecule has 0 aliphatic carbocycles. The summed E-state index contributed by atoms with van der Waals surface area (Å²) in [6.07, 6.45) is 0. The van der Waals surface area contributed by atoms with E-state index in [1.54, 1.807) is 36.4 Å². The van der Waals surface area contributed by atoms with E-state index < -0.39 is 5.97 Å². The third-order valence-electron chi connectivity index (χ3n) is 3.84. The topological polar surface area (TPSA) is 71.2 Å². The predicted molar refractivity (Wildman–Crippen MR) is 102 cm³/mol. The Bertz CT molecular complexity index is 965. The predicted octanol–water partition coefficient (Wildman–Crippen LogP) is 4.26. The van der Waals surface area contributed by atoms with Gasteiger partial charge < -0.3 is 15.0 Å². The van der Waals surface area contributed by atoms with Gasteiger partial charge in [0.15, 0.2) is 0 Å². The van der Waals surface area contributed by atoms with Crippen molar-refractivity contribution in [1.29, 1.82) is 0 Å². The molecule has 0 saturated heterocycles. The number of rotatable bonds is 5. The maximum atomic E-state index is 12.2. The van der Waals surface area contributed by atoms with Crippen LogP contribution in [-0.4, -0.2) is 23.4 Å². The van der Waals surface area contributed by atoms with Gasteiger partial charge in [-0.3, -0.25) is 9.59 Å². The molecule has 7 heteroatoms. The molecule has 1 amide bonds. The van der Waals surface area contributed by atoms with Crippen molar-refractivity contribution in [2.75, 3.05) is 6.54 Å².